The molecule has 204 valence electrons. The number of aliphatic hydroxyl groups is 1. The second kappa shape index (κ2) is 11.2. The van der Waals surface area contributed by atoms with Crippen LogP contribution in [0.5, 0.6) is 0 Å². The van der Waals surface area contributed by atoms with Crippen molar-refractivity contribution in [2.45, 2.75) is 43.4 Å². The van der Waals surface area contributed by atoms with Gasteiger partial charge in [0.15, 0.2) is 5.65 Å². The molecule has 0 radical (unpaired) electrons. The third-order valence-electron chi connectivity index (χ3n) is 6.76. The van der Waals surface area contributed by atoms with Gasteiger partial charge in [-0.25, -0.2) is 22.2 Å². The molecular formula is C27H28ClN5O5S. The van der Waals surface area contributed by atoms with Crippen LogP contribution in [0.4, 0.5) is 10.6 Å². The average Bonchev–Trinajstić information content (AvgIpc) is 3.37. The zero-order valence-electron chi connectivity index (χ0n) is 21.2. The van der Waals surface area contributed by atoms with E-state index >= 15 is 0 Å². The first-order valence-corrected chi connectivity index (χ1v) is 14.3. The van der Waals surface area contributed by atoms with Gasteiger partial charge in [-0.1, -0.05) is 48.0 Å². The number of ether oxygens (including phenoxy) is 1. The summed E-state index contributed by atoms with van der Waals surface area (Å²) < 4.78 is 33.3. The Morgan fingerprint density at radius 1 is 1.10 bits per heavy atom. The Kier molecular flexibility index (Phi) is 7.74. The highest BCUT2D eigenvalue weighted by Gasteiger charge is 2.33. The van der Waals surface area contributed by atoms with Crippen LogP contribution >= 0.6 is 11.6 Å². The van der Waals surface area contributed by atoms with E-state index in [1.54, 1.807) is 30.3 Å². The molecule has 1 aliphatic heterocycles. The van der Waals surface area contributed by atoms with Crippen LogP contribution in [0.25, 0.3) is 11.0 Å². The number of halogens is 1. The second-order valence-corrected chi connectivity index (χ2v) is 11.6. The van der Waals surface area contributed by atoms with E-state index in [0.29, 0.717) is 24.0 Å². The van der Waals surface area contributed by atoms with E-state index in [1.165, 1.54) is 11.1 Å². The number of aliphatic hydroxyl groups excluding tert-OH is 1. The minimum absolute atomic E-state index is 0.118. The number of piperidine rings is 1. The molecule has 5 rings (SSSR count). The Morgan fingerprint density at radius 3 is 2.56 bits per heavy atom. The first-order valence-electron chi connectivity index (χ1n) is 12.5. The summed E-state index contributed by atoms with van der Waals surface area (Å²) in [5.41, 5.74) is 1.94. The van der Waals surface area contributed by atoms with E-state index in [1.807, 2.05) is 37.3 Å². The summed E-state index contributed by atoms with van der Waals surface area (Å²) in [6.45, 7) is 2.07. The number of aryl methyl sites for hydroxylation is 1. The van der Waals surface area contributed by atoms with Gasteiger partial charge in [-0.05, 0) is 55.1 Å². The lowest BCUT2D eigenvalue weighted by atomic mass is 9.99. The maximum absolute atomic E-state index is 13.3. The molecule has 0 bridgehead atoms. The molecule has 39 heavy (non-hydrogen) atoms. The second-order valence-electron chi connectivity index (χ2n) is 9.46. The standard InChI is InChI=1S/C27H28ClN5O5S/c1-18-7-11-22(12-8-18)39(36,37)33-14-13-23-24(30-26(28)31-25(23)33)29-20-9-10-21(16-34)32(15-20)27(35)38-17-19-5-3-2-4-6-19/h2-8,11-14,20-21,34H,9-10,15-17H2,1H3,(H,29,30,31)/t20-,21-/m0/s1. The number of nitrogens with one attached hydrogen (secondary N) is 1. The minimum Gasteiger partial charge on any atom is -0.445 e. The molecule has 1 fully saturated rings. The number of nitrogens with zero attached hydrogens (tertiary/aromatic N) is 4. The number of amides is 1. The summed E-state index contributed by atoms with van der Waals surface area (Å²) in [6, 6.07) is 16.9. The summed E-state index contributed by atoms with van der Waals surface area (Å²) in [7, 11) is -3.92. The van der Waals surface area contributed by atoms with Crippen LogP contribution in [0, 0.1) is 6.92 Å². The van der Waals surface area contributed by atoms with Crippen molar-refractivity contribution in [1.29, 1.82) is 0 Å². The Bertz CT molecular complexity index is 1580. The largest absolute Gasteiger partial charge is 0.445 e. The van der Waals surface area contributed by atoms with Crippen molar-refractivity contribution in [3.63, 3.8) is 0 Å². The maximum Gasteiger partial charge on any atom is 0.410 e. The van der Waals surface area contributed by atoms with Crippen LogP contribution in [0.3, 0.4) is 0 Å². The molecule has 2 atom stereocenters. The number of carbonyl (C=O) groups is 1. The number of hydrogen-bond donors (Lipinski definition) is 2. The van der Waals surface area contributed by atoms with E-state index in [4.69, 9.17) is 16.3 Å². The van der Waals surface area contributed by atoms with Crippen molar-refractivity contribution in [3.8, 4) is 0 Å². The first-order chi connectivity index (χ1) is 18.8. The monoisotopic (exact) mass is 569 g/mol. The van der Waals surface area contributed by atoms with Gasteiger partial charge in [0.1, 0.15) is 12.4 Å². The number of fused-ring (bicyclic) bond motifs is 1. The van der Waals surface area contributed by atoms with E-state index in [2.05, 4.69) is 15.3 Å². The highest BCUT2D eigenvalue weighted by molar-refractivity contribution is 7.90. The van der Waals surface area contributed by atoms with Crippen molar-refractivity contribution < 1.29 is 23.1 Å². The van der Waals surface area contributed by atoms with Gasteiger partial charge in [0.25, 0.3) is 10.0 Å². The van der Waals surface area contributed by atoms with Crippen LogP contribution in [0.2, 0.25) is 5.28 Å². The van der Waals surface area contributed by atoms with Gasteiger partial charge >= 0.3 is 6.09 Å². The van der Waals surface area contributed by atoms with Gasteiger partial charge < -0.3 is 20.1 Å². The highest BCUT2D eigenvalue weighted by Crippen LogP contribution is 2.29. The van der Waals surface area contributed by atoms with E-state index in [-0.39, 0.29) is 47.7 Å². The average molecular weight is 570 g/mol. The smallest absolute Gasteiger partial charge is 0.410 e. The molecule has 10 nitrogen and oxygen atoms in total. The molecular weight excluding hydrogens is 542 g/mol. The molecule has 2 aromatic carbocycles. The Hall–Kier alpha value is -3.67. The molecule has 0 saturated carbocycles. The number of anilines is 1. The van der Waals surface area contributed by atoms with E-state index in [0.717, 1.165) is 15.1 Å². The molecule has 0 unspecified atom stereocenters. The molecule has 0 aliphatic carbocycles. The molecule has 1 amide bonds. The summed E-state index contributed by atoms with van der Waals surface area (Å²) in [5.74, 6) is 0.355. The highest BCUT2D eigenvalue weighted by atomic mass is 35.5. The molecule has 1 saturated heterocycles. The van der Waals surface area contributed by atoms with Crippen molar-refractivity contribution >= 4 is 44.6 Å². The zero-order chi connectivity index (χ0) is 27.6. The lowest BCUT2D eigenvalue weighted by Crippen LogP contribution is -2.52. The number of rotatable bonds is 7. The molecule has 12 heteroatoms. The van der Waals surface area contributed by atoms with Crippen LogP contribution in [-0.4, -0.2) is 63.7 Å². The lowest BCUT2D eigenvalue weighted by molar-refractivity contribution is 0.0471. The van der Waals surface area contributed by atoms with Crippen LogP contribution in [0.1, 0.15) is 24.0 Å². The lowest BCUT2D eigenvalue weighted by Gasteiger charge is -2.38. The number of carbonyl (C=O) groups excluding carboxylic acids is 1. The molecule has 0 spiro atoms. The quantitative estimate of drug-likeness (QED) is 0.317. The topological polar surface area (TPSA) is 127 Å². The molecule has 2 N–H and O–H groups in total. The summed E-state index contributed by atoms with van der Waals surface area (Å²) in [6.07, 6.45) is 2.08. The normalized spacial score (nSPS) is 17.8. The molecule has 1 aliphatic rings. The van der Waals surface area contributed by atoms with Gasteiger partial charge in [0.05, 0.1) is 22.9 Å². The van der Waals surface area contributed by atoms with Crippen molar-refractivity contribution in [2.75, 3.05) is 18.5 Å². The fourth-order valence-electron chi connectivity index (χ4n) is 4.65. The van der Waals surface area contributed by atoms with E-state index in [9.17, 15) is 18.3 Å². The molecule has 3 heterocycles. The van der Waals surface area contributed by atoms with Crippen LogP contribution in [0.15, 0.2) is 71.8 Å². The third kappa shape index (κ3) is 5.70. The summed E-state index contributed by atoms with van der Waals surface area (Å²) >= 11 is 6.22. The van der Waals surface area contributed by atoms with Crippen LogP contribution in [-0.2, 0) is 21.4 Å². The zero-order valence-corrected chi connectivity index (χ0v) is 22.8. The van der Waals surface area contributed by atoms with Gasteiger partial charge in [-0.15, -0.1) is 0 Å². The molecule has 4 aromatic rings. The minimum atomic E-state index is -3.92. The van der Waals surface area contributed by atoms with Gasteiger partial charge in [-0.3, -0.25) is 0 Å². The number of likely N-dealkylation sites (tertiary alicyclic amines) is 1. The number of hydrogen-bond acceptors (Lipinski definition) is 8. The Labute approximate surface area is 231 Å². The van der Waals surface area contributed by atoms with Crippen LogP contribution < -0.4 is 5.32 Å². The number of aromatic nitrogens is 3. The fraction of sp³-hybridized carbons (Fsp3) is 0.296. The fourth-order valence-corrected chi connectivity index (χ4v) is 6.11. The maximum atomic E-state index is 13.3. The predicted octanol–water partition coefficient (Wildman–Crippen LogP) is 4.20. The SMILES string of the molecule is Cc1ccc(S(=O)(=O)n2ccc3c(N[C@H]4CC[C@@H](CO)N(C(=O)OCc5ccccc5)C4)nc(Cl)nc32)cc1. The van der Waals surface area contributed by atoms with Crippen molar-refractivity contribution in [1.82, 2.24) is 18.8 Å². The third-order valence-corrected chi connectivity index (χ3v) is 8.61. The molecule has 2 aromatic heterocycles. The Balaban J connectivity index is 1.37. The van der Waals surface area contributed by atoms with Crippen molar-refractivity contribution in [3.05, 3.63) is 83.3 Å². The predicted molar refractivity (Wildman–Crippen MR) is 147 cm³/mol. The summed E-state index contributed by atoms with van der Waals surface area (Å²) in [5, 5.41) is 13.5. The van der Waals surface area contributed by atoms with Crippen molar-refractivity contribution in [2.24, 2.45) is 0 Å². The van der Waals surface area contributed by atoms with E-state index < -0.39 is 16.1 Å². The first kappa shape index (κ1) is 26.9. The summed E-state index contributed by atoms with van der Waals surface area (Å²) in [4.78, 5) is 23.1. The Morgan fingerprint density at radius 2 is 1.85 bits per heavy atom. The van der Waals surface area contributed by atoms with Gasteiger partial charge in [-0.2, -0.15) is 4.98 Å². The van der Waals surface area contributed by atoms with Gasteiger partial charge in [0.2, 0.25) is 5.28 Å². The number of benzene rings is 2. The van der Waals surface area contributed by atoms with Gasteiger partial charge in [0, 0.05) is 18.8 Å².